The average Bonchev–Trinajstić information content (AvgIpc) is 3.12. The molecule has 2 N–H and O–H groups in total. The van der Waals surface area contributed by atoms with E-state index in [1.54, 1.807) is 0 Å². The third kappa shape index (κ3) is 4.33. The summed E-state index contributed by atoms with van der Waals surface area (Å²) in [5.41, 5.74) is -0.397. The summed E-state index contributed by atoms with van der Waals surface area (Å²) in [6, 6.07) is 0.477. The zero-order valence-corrected chi connectivity index (χ0v) is 11.3. The summed E-state index contributed by atoms with van der Waals surface area (Å²) in [7, 11) is 0. The Bertz CT molecular complexity index is 299. The predicted molar refractivity (Wildman–Crippen MR) is 66.9 cm³/mol. The number of aliphatic hydroxyl groups excluding tert-OH is 1. The van der Waals surface area contributed by atoms with Crippen LogP contribution in [-0.4, -0.2) is 54.0 Å². The van der Waals surface area contributed by atoms with Gasteiger partial charge >= 0.3 is 6.18 Å². The Morgan fingerprint density at radius 2 is 1.74 bits per heavy atom. The minimum absolute atomic E-state index is 0.0166. The number of nitrogens with one attached hydrogen (secondary N) is 1. The van der Waals surface area contributed by atoms with Gasteiger partial charge in [-0.25, -0.2) is 0 Å². The molecule has 6 heteroatoms. The number of piperidine rings is 1. The number of nitrogens with zero attached hydrogens (tertiary/aromatic N) is 1. The number of alkyl halides is 3. The van der Waals surface area contributed by atoms with Crippen molar-refractivity contribution in [3.05, 3.63) is 0 Å². The Hall–Kier alpha value is -0.330. The normalized spacial score (nSPS) is 26.4. The van der Waals surface area contributed by atoms with Crippen LogP contribution < -0.4 is 5.32 Å². The fourth-order valence-electron chi connectivity index (χ4n) is 2.77. The van der Waals surface area contributed by atoms with E-state index in [0.717, 1.165) is 12.8 Å². The van der Waals surface area contributed by atoms with Gasteiger partial charge in [-0.2, -0.15) is 13.2 Å². The summed E-state index contributed by atoms with van der Waals surface area (Å²) in [4.78, 5) is 2.04. The van der Waals surface area contributed by atoms with Crippen molar-refractivity contribution in [2.45, 2.75) is 50.4 Å². The van der Waals surface area contributed by atoms with Crippen LogP contribution in [0.3, 0.4) is 0 Å². The molecular formula is C13H23F3N2O. The molecule has 2 rings (SSSR count). The number of halogens is 3. The molecule has 1 aliphatic carbocycles. The van der Waals surface area contributed by atoms with E-state index < -0.39 is 17.6 Å². The van der Waals surface area contributed by atoms with Gasteiger partial charge in [-0.05, 0) is 45.7 Å². The van der Waals surface area contributed by atoms with Crippen LogP contribution in [0.1, 0.15) is 32.6 Å². The SMILES string of the molecule is CC(CO)(CN1CCC(C(F)(F)F)CC1)NC1CC1. The molecule has 0 aromatic rings. The highest BCUT2D eigenvalue weighted by Crippen LogP contribution is 2.34. The van der Waals surface area contributed by atoms with Crippen LogP contribution in [0.15, 0.2) is 0 Å². The summed E-state index contributed by atoms with van der Waals surface area (Å²) in [6.07, 6.45) is -1.45. The second-order valence-corrected chi connectivity index (χ2v) is 6.23. The van der Waals surface area contributed by atoms with Gasteiger partial charge in [0.2, 0.25) is 0 Å². The molecule has 1 atom stereocenters. The Balaban J connectivity index is 1.80. The zero-order valence-electron chi connectivity index (χ0n) is 11.3. The van der Waals surface area contributed by atoms with E-state index in [1.165, 1.54) is 0 Å². The van der Waals surface area contributed by atoms with Crippen molar-refractivity contribution in [3.63, 3.8) is 0 Å². The number of rotatable bonds is 5. The fourth-order valence-corrected chi connectivity index (χ4v) is 2.77. The van der Waals surface area contributed by atoms with Crippen LogP contribution in [0.5, 0.6) is 0 Å². The molecule has 1 heterocycles. The molecule has 0 radical (unpaired) electrons. The van der Waals surface area contributed by atoms with Gasteiger partial charge in [0.15, 0.2) is 0 Å². The van der Waals surface area contributed by atoms with Crippen molar-refractivity contribution in [2.75, 3.05) is 26.2 Å². The summed E-state index contributed by atoms with van der Waals surface area (Å²) in [5.74, 6) is -1.15. The van der Waals surface area contributed by atoms with Crippen LogP contribution in [0.4, 0.5) is 13.2 Å². The molecule has 1 saturated heterocycles. The van der Waals surface area contributed by atoms with E-state index in [4.69, 9.17) is 0 Å². The molecular weight excluding hydrogens is 257 g/mol. The van der Waals surface area contributed by atoms with Gasteiger partial charge in [0, 0.05) is 12.6 Å². The minimum Gasteiger partial charge on any atom is -0.394 e. The van der Waals surface area contributed by atoms with Crippen molar-refractivity contribution in [3.8, 4) is 0 Å². The number of likely N-dealkylation sites (tertiary alicyclic amines) is 1. The smallest absolute Gasteiger partial charge is 0.391 e. The lowest BCUT2D eigenvalue weighted by Gasteiger charge is -2.39. The van der Waals surface area contributed by atoms with E-state index in [9.17, 15) is 18.3 Å². The molecule has 2 aliphatic rings. The molecule has 2 fully saturated rings. The largest absolute Gasteiger partial charge is 0.394 e. The molecule has 0 bridgehead atoms. The van der Waals surface area contributed by atoms with Gasteiger partial charge < -0.3 is 15.3 Å². The molecule has 1 aliphatic heterocycles. The lowest BCUT2D eigenvalue weighted by Crippen LogP contribution is -2.56. The van der Waals surface area contributed by atoms with Crippen LogP contribution >= 0.6 is 0 Å². The van der Waals surface area contributed by atoms with Crippen molar-refractivity contribution < 1.29 is 18.3 Å². The maximum atomic E-state index is 12.6. The van der Waals surface area contributed by atoms with E-state index >= 15 is 0 Å². The number of aliphatic hydroxyl groups is 1. The van der Waals surface area contributed by atoms with Gasteiger partial charge in [-0.15, -0.1) is 0 Å². The second-order valence-electron chi connectivity index (χ2n) is 6.23. The lowest BCUT2D eigenvalue weighted by atomic mass is 9.94. The first-order valence-electron chi connectivity index (χ1n) is 7.00. The average molecular weight is 280 g/mol. The van der Waals surface area contributed by atoms with E-state index in [2.05, 4.69) is 5.32 Å². The third-order valence-corrected chi connectivity index (χ3v) is 4.10. The van der Waals surface area contributed by atoms with E-state index in [-0.39, 0.29) is 19.4 Å². The molecule has 1 unspecified atom stereocenters. The summed E-state index contributed by atoms with van der Waals surface area (Å²) in [6.45, 7) is 3.51. The number of hydrogen-bond donors (Lipinski definition) is 2. The lowest BCUT2D eigenvalue weighted by molar-refractivity contribution is -0.185. The maximum Gasteiger partial charge on any atom is 0.391 e. The van der Waals surface area contributed by atoms with Crippen molar-refractivity contribution in [2.24, 2.45) is 5.92 Å². The molecule has 0 aromatic carbocycles. The molecule has 1 saturated carbocycles. The minimum atomic E-state index is -4.06. The van der Waals surface area contributed by atoms with Crippen molar-refractivity contribution in [1.82, 2.24) is 10.2 Å². The monoisotopic (exact) mass is 280 g/mol. The van der Waals surface area contributed by atoms with Crippen LogP contribution in [0.25, 0.3) is 0 Å². The topological polar surface area (TPSA) is 35.5 Å². The fraction of sp³-hybridized carbons (Fsp3) is 1.00. The van der Waals surface area contributed by atoms with E-state index in [1.807, 2.05) is 11.8 Å². The summed E-state index contributed by atoms with van der Waals surface area (Å²) < 4.78 is 37.7. The Labute approximate surface area is 112 Å². The van der Waals surface area contributed by atoms with Crippen molar-refractivity contribution in [1.29, 1.82) is 0 Å². The summed E-state index contributed by atoms with van der Waals surface area (Å²) >= 11 is 0. The summed E-state index contributed by atoms with van der Waals surface area (Å²) in [5, 5.41) is 12.9. The maximum absolute atomic E-state index is 12.6. The molecule has 0 amide bonds. The third-order valence-electron chi connectivity index (χ3n) is 4.10. The quantitative estimate of drug-likeness (QED) is 0.805. The first kappa shape index (κ1) is 15.1. The molecule has 0 spiro atoms. The highest BCUT2D eigenvalue weighted by Gasteiger charge is 2.42. The molecule has 112 valence electrons. The van der Waals surface area contributed by atoms with Gasteiger partial charge in [0.25, 0.3) is 0 Å². The van der Waals surface area contributed by atoms with Crippen LogP contribution in [-0.2, 0) is 0 Å². The highest BCUT2D eigenvalue weighted by molar-refractivity contribution is 4.95. The Morgan fingerprint density at radius 3 is 2.16 bits per heavy atom. The number of hydrogen-bond acceptors (Lipinski definition) is 3. The second kappa shape index (κ2) is 5.58. The van der Waals surface area contributed by atoms with E-state index in [0.29, 0.717) is 25.7 Å². The van der Waals surface area contributed by atoms with Crippen molar-refractivity contribution >= 4 is 0 Å². The van der Waals surface area contributed by atoms with Gasteiger partial charge in [-0.3, -0.25) is 0 Å². The Kier molecular flexibility index (Phi) is 4.42. The predicted octanol–water partition coefficient (Wildman–Crippen LogP) is 1.76. The first-order chi connectivity index (χ1) is 8.82. The molecule has 0 aromatic heterocycles. The van der Waals surface area contributed by atoms with Gasteiger partial charge in [0.1, 0.15) is 0 Å². The van der Waals surface area contributed by atoms with Crippen LogP contribution in [0, 0.1) is 5.92 Å². The Morgan fingerprint density at radius 1 is 1.16 bits per heavy atom. The first-order valence-corrected chi connectivity index (χ1v) is 7.00. The standard InChI is InChI=1S/C13H23F3N2O/c1-12(9-19,17-11-2-3-11)8-18-6-4-10(5-7-18)13(14,15)16/h10-11,17,19H,2-9H2,1H3. The van der Waals surface area contributed by atoms with Gasteiger partial charge in [0.05, 0.1) is 18.1 Å². The highest BCUT2D eigenvalue weighted by atomic mass is 19.4. The zero-order chi connectivity index (χ0) is 14.1. The van der Waals surface area contributed by atoms with Crippen LogP contribution in [0.2, 0.25) is 0 Å². The molecule has 3 nitrogen and oxygen atoms in total. The molecule has 19 heavy (non-hydrogen) atoms. The van der Waals surface area contributed by atoms with Gasteiger partial charge in [-0.1, -0.05) is 0 Å².